The molecule has 0 saturated heterocycles. The van der Waals surface area contributed by atoms with Gasteiger partial charge in [0.05, 0.1) is 5.02 Å². The van der Waals surface area contributed by atoms with E-state index in [0.717, 1.165) is 10.1 Å². The van der Waals surface area contributed by atoms with Gasteiger partial charge in [0.25, 0.3) is 5.91 Å². The van der Waals surface area contributed by atoms with Gasteiger partial charge in [-0.05, 0) is 42.5 Å². The first-order valence-electron chi connectivity index (χ1n) is 8.27. The molecule has 144 valence electrons. The van der Waals surface area contributed by atoms with Crippen molar-refractivity contribution < 1.29 is 9.59 Å². The molecule has 0 radical (unpaired) electrons. The van der Waals surface area contributed by atoms with Crippen molar-refractivity contribution in [1.82, 2.24) is 5.32 Å². The highest BCUT2D eigenvalue weighted by Gasteiger charge is 2.18. The smallest absolute Gasteiger partial charge is 0.269 e. The molecule has 0 bridgehead atoms. The van der Waals surface area contributed by atoms with Crippen LogP contribution in [0.5, 0.6) is 0 Å². The van der Waals surface area contributed by atoms with E-state index in [1.807, 2.05) is 0 Å². The van der Waals surface area contributed by atoms with Crippen LogP contribution in [0.2, 0.25) is 10.0 Å². The summed E-state index contributed by atoms with van der Waals surface area (Å²) in [6, 6.07) is 12.3. The Hall–Kier alpha value is -2.19. The Bertz CT molecular complexity index is 1080. The number of nitrogens with one attached hydrogen (secondary N) is 3. The first-order valence-corrected chi connectivity index (χ1v) is 10.2. The Labute approximate surface area is 181 Å². The summed E-state index contributed by atoms with van der Waals surface area (Å²) in [5.74, 6) is -0.497. The van der Waals surface area contributed by atoms with Gasteiger partial charge < -0.3 is 10.6 Å². The number of benzene rings is 2. The molecule has 2 amide bonds. The molecule has 0 aliphatic heterocycles. The second-order valence-electron chi connectivity index (χ2n) is 5.78. The van der Waals surface area contributed by atoms with Crippen LogP contribution in [0.4, 0.5) is 11.4 Å². The molecule has 0 spiro atoms. The summed E-state index contributed by atoms with van der Waals surface area (Å²) in [4.78, 5) is 24.4. The number of thiophene rings is 1. The summed E-state index contributed by atoms with van der Waals surface area (Å²) in [5, 5.41) is 10.1. The molecule has 3 rings (SSSR count). The number of thiocarbonyl (C=S) groups is 1. The number of rotatable bonds is 4. The summed E-state index contributed by atoms with van der Waals surface area (Å²) in [7, 11) is 0. The van der Waals surface area contributed by atoms with E-state index >= 15 is 0 Å². The predicted octanol–water partition coefficient (Wildman–Crippen LogP) is 5.68. The van der Waals surface area contributed by atoms with Crippen LogP contribution in [0.25, 0.3) is 10.1 Å². The number of halogens is 2. The standard InChI is InChI=1S/C19H15Cl2N3O2S2/c1-2-15(25)22-11-4-3-5-12(9-11)23-19(27)24-18(26)17-16(21)13-7-6-10(20)8-14(13)28-17/h3-9H,2H2,1H3,(H,22,25)(H2,23,24,26,27). The first-order chi connectivity index (χ1) is 13.4. The Balaban J connectivity index is 1.70. The van der Waals surface area contributed by atoms with Crippen molar-refractivity contribution in [3.8, 4) is 0 Å². The largest absolute Gasteiger partial charge is 0.332 e. The molecule has 0 saturated carbocycles. The quantitative estimate of drug-likeness (QED) is 0.446. The molecule has 5 nitrogen and oxygen atoms in total. The molecule has 3 N–H and O–H groups in total. The minimum Gasteiger partial charge on any atom is -0.332 e. The lowest BCUT2D eigenvalue weighted by atomic mass is 10.2. The Morgan fingerprint density at radius 1 is 1.07 bits per heavy atom. The van der Waals surface area contributed by atoms with E-state index in [9.17, 15) is 9.59 Å². The second kappa shape index (κ2) is 8.87. The summed E-state index contributed by atoms with van der Waals surface area (Å²) in [6.07, 6.45) is 0.382. The second-order valence-corrected chi connectivity index (χ2v) is 8.05. The Morgan fingerprint density at radius 3 is 2.50 bits per heavy atom. The fourth-order valence-corrected chi connectivity index (χ4v) is 4.33. The number of hydrogen-bond donors (Lipinski definition) is 3. The molecular weight excluding hydrogens is 437 g/mol. The van der Waals surface area contributed by atoms with Gasteiger partial charge in [-0.1, -0.05) is 42.3 Å². The normalized spacial score (nSPS) is 10.5. The van der Waals surface area contributed by atoms with Crippen molar-refractivity contribution in [3.05, 3.63) is 57.4 Å². The average molecular weight is 452 g/mol. The van der Waals surface area contributed by atoms with Crippen LogP contribution in [0.15, 0.2) is 42.5 Å². The minimum absolute atomic E-state index is 0.0902. The molecule has 0 unspecified atom stereocenters. The van der Waals surface area contributed by atoms with Gasteiger partial charge in [-0.15, -0.1) is 11.3 Å². The Morgan fingerprint density at radius 2 is 1.79 bits per heavy atom. The zero-order chi connectivity index (χ0) is 20.3. The van der Waals surface area contributed by atoms with Gasteiger partial charge in [-0.3, -0.25) is 14.9 Å². The fraction of sp³-hybridized carbons (Fsp3) is 0.105. The highest BCUT2D eigenvalue weighted by atomic mass is 35.5. The number of fused-ring (bicyclic) bond motifs is 1. The summed E-state index contributed by atoms with van der Waals surface area (Å²) in [6.45, 7) is 1.77. The Kier molecular flexibility index (Phi) is 6.51. The highest BCUT2D eigenvalue weighted by molar-refractivity contribution is 7.80. The average Bonchev–Trinajstić information content (AvgIpc) is 2.97. The summed E-state index contributed by atoms with van der Waals surface area (Å²) < 4.78 is 0.820. The third-order valence-electron chi connectivity index (χ3n) is 3.75. The lowest BCUT2D eigenvalue weighted by Crippen LogP contribution is -2.33. The van der Waals surface area contributed by atoms with Crippen molar-refractivity contribution >= 4 is 85.1 Å². The van der Waals surface area contributed by atoms with Crippen molar-refractivity contribution in [3.63, 3.8) is 0 Å². The number of carbonyl (C=O) groups is 2. The van der Waals surface area contributed by atoms with Gasteiger partial charge in [-0.25, -0.2) is 0 Å². The lowest BCUT2D eigenvalue weighted by molar-refractivity contribution is -0.115. The third-order valence-corrected chi connectivity index (χ3v) is 5.85. The molecule has 0 aliphatic carbocycles. The minimum atomic E-state index is -0.407. The van der Waals surface area contributed by atoms with Crippen LogP contribution in [0, 0.1) is 0 Å². The van der Waals surface area contributed by atoms with Gasteiger partial charge in [0.15, 0.2) is 5.11 Å². The molecule has 2 aromatic carbocycles. The third kappa shape index (κ3) is 4.80. The molecule has 0 atom stereocenters. The number of anilines is 2. The van der Waals surface area contributed by atoms with Gasteiger partial charge in [-0.2, -0.15) is 0 Å². The number of hydrogen-bond acceptors (Lipinski definition) is 4. The van der Waals surface area contributed by atoms with E-state index in [1.54, 1.807) is 49.4 Å². The van der Waals surface area contributed by atoms with Crippen LogP contribution in [0.1, 0.15) is 23.0 Å². The predicted molar refractivity (Wildman–Crippen MR) is 121 cm³/mol. The maximum atomic E-state index is 12.6. The van der Waals surface area contributed by atoms with Crippen LogP contribution in [-0.2, 0) is 4.79 Å². The van der Waals surface area contributed by atoms with Gasteiger partial charge in [0.2, 0.25) is 5.91 Å². The van der Waals surface area contributed by atoms with Crippen LogP contribution in [-0.4, -0.2) is 16.9 Å². The zero-order valence-corrected chi connectivity index (χ0v) is 17.8. The van der Waals surface area contributed by atoms with Crippen molar-refractivity contribution in [2.24, 2.45) is 0 Å². The van der Waals surface area contributed by atoms with Crippen LogP contribution >= 0.6 is 46.8 Å². The molecule has 1 heterocycles. The zero-order valence-electron chi connectivity index (χ0n) is 14.6. The highest BCUT2D eigenvalue weighted by Crippen LogP contribution is 2.36. The van der Waals surface area contributed by atoms with Gasteiger partial charge >= 0.3 is 0 Å². The fourth-order valence-electron chi connectivity index (χ4n) is 2.43. The van der Waals surface area contributed by atoms with E-state index in [1.165, 1.54) is 11.3 Å². The molecule has 3 aromatic rings. The molecule has 0 aliphatic rings. The lowest BCUT2D eigenvalue weighted by Gasteiger charge is -2.11. The molecule has 28 heavy (non-hydrogen) atoms. The summed E-state index contributed by atoms with van der Waals surface area (Å²) in [5.41, 5.74) is 1.27. The van der Waals surface area contributed by atoms with Gasteiger partial charge in [0, 0.05) is 32.9 Å². The maximum absolute atomic E-state index is 12.6. The van der Waals surface area contributed by atoms with Crippen LogP contribution in [0.3, 0.4) is 0 Å². The van der Waals surface area contributed by atoms with E-state index in [-0.39, 0.29) is 11.0 Å². The molecule has 0 fully saturated rings. The maximum Gasteiger partial charge on any atom is 0.269 e. The van der Waals surface area contributed by atoms with Crippen molar-refractivity contribution in [2.45, 2.75) is 13.3 Å². The molecular formula is C19H15Cl2N3O2S2. The number of amides is 2. The SMILES string of the molecule is CCC(=O)Nc1cccc(NC(=S)NC(=O)c2sc3cc(Cl)ccc3c2Cl)c1. The monoisotopic (exact) mass is 451 g/mol. The van der Waals surface area contributed by atoms with E-state index in [2.05, 4.69) is 16.0 Å². The number of carbonyl (C=O) groups excluding carboxylic acids is 2. The summed E-state index contributed by atoms with van der Waals surface area (Å²) >= 11 is 18.8. The first kappa shape index (κ1) is 20.5. The van der Waals surface area contributed by atoms with E-state index in [0.29, 0.717) is 32.7 Å². The topological polar surface area (TPSA) is 70.2 Å². The van der Waals surface area contributed by atoms with Crippen LogP contribution < -0.4 is 16.0 Å². The molecule has 9 heteroatoms. The van der Waals surface area contributed by atoms with Crippen molar-refractivity contribution in [1.29, 1.82) is 0 Å². The van der Waals surface area contributed by atoms with E-state index in [4.69, 9.17) is 35.4 Å². The molecule has 1 aromatic heterocycles. The van der Waals surface area contributed by atoms with Crippen molar-refractivity contribution in [2.75, 3.05) is 10.6 Å². The van der Waals surface area contributed by atoms with Gasteiger partial charge in [0.1, 0.15) is 4.88 Å². The van der Waals surface area contributed by atoms with E-state index < -0.39 is 5.91 Å².